The van der Waals surface area contributed by atoms with Crippen LogP contribution < -0.4 is 5.32 Å². The van der Waals surface area contributed by atoms with E-state index in [1.807, 2.05) is 0 Å². The van der Waals surface area contributed by atoms with Gasteiger partial charge in [-0.1, -0.05) is 0 Å². The van der Waals surface area contributed by atoms with Crippen LogP contribution in [0.3, 0.4) is 0 Å². The molecule has 9 nitrogen and oxygen atoms in total. The topological polar surface area (TPSA) is 119 Å². The van der Waals surface area contributed by atoms with Crippen LogP contribution in [0.5, 0.6) is 0 Å². The SMILES string of the molecule is CC(=O)CCC(=O)OCOC(=O)NCC(=O)N(C)CC(C)=O. The Bertz CT molecular complexity index is 448. The minimum absolute atomic E-state index is 0.0523. The van der Waals surface area contributed by atoms with Gasteiger partial charge >= 0.3 is 12.1 Å². The number of carbonyl (C=O) groups excluding carboxylic acids is 5. The third-order valence-electron chi connectivity index (χ3n) is 2.36. The smallest absolute Gasteiger partial charge is 0.410 e. The van der Waals surface area contributed by atoms with Gasteiger partial charge in [0.25, 0.3) is 0 Å². The molecule has 0 saturated carbocycles. The van der Waals surface area contributed by atoms with Gasteiger partial charge in [0.1, 0.15) is 18.1 Å². The summed E-state index contributed by atoms with van der Waals surface area (Å²) in [5.74, 6) is -1.47. The molecule has 0 bridgehead atoms. The molecular weight excluding hydrogens is 296 g/mol. The molecule has 0 aromatic carbocycles. The summed E-state index contributed by atoms with van der Waals surface area (Å²) in [6, 6.07) is 0. The maximum absolute atomic E-state index is 11.5. The summed E-state index contributed by atoms with van der Waals surface area (Å²) in [6.45, 7) is 1.67. The van der Waals surface area contributed by atoms with Gasteiger partial charge in [-0.25, -0.2) is 4.79 Å². The number of rotatable bonds is 9. The van der Waals surface area contributed by atoms with Gasteiger partial charge in [-0.15, -0.1) is 0 Å². The minimum Gasteiger partial charge on any atom is -0.428 e. The van der Waals surface area contributed by atoms with Gasteiger partial charge in [-0.3, -0.25) is 14.4 Å². The highest BCUT2D eigenvalue weighted by atomic mass is 16.7. The van der Waals surface area contributed by atoms with Gasteiger partial charge in [0.15, 0.2) is 0 Å². The molecule has 0 heterocycles. The molecule has 0 radical (unpaired) electrons. The minimum atomic E-state index is -0.941. The lowest BCUT2D eigenvalue weighted by Gasteiger charge is -2.15. The Morgan fingerprint density at radius 2 is 1.59 bits per heavy atom. The third kappa shape index (κ3) is 10.4. The van der Waals surface area contributed by atoms with Gasteiger partial charge in [-0.2, -0.15) is 0 Å². The van der Waals surface area contributed by atoms with Crippen LogP contribution in [0.1, 0.15) is 26.7 Å². The molecule has 0 aliphatic carbocycles. The average Bonchev–Trinajstić information content (AvgIpc) is 2.41. The molecule has 0 aliphatic heterocycles. The number of alkyl carbamates (subject to hydrolysis) is 1. The molecule has 0 rings (SSSR count). The van der Waals surface area contributed by atoms with Crippen molar-refractivity contribution in [3.63, 3.8) is 0 Å². The molecule has 124 valence electrons. The predicted molar refractivity (Wildman–Crippen MR) is 73.7 cm³/mol. The molecule has 0 atom stereocenters. The van der Waals surface area contributed by atoms with Crippen molar-refractivity contribution in [2.24, 2.45) is 0 Å². The number of carbonyl (C=O) groups is 5. The second-order valence-electron chi connectivity index (χ2n) is 4.57. The van der Waals surface area contributed by atoms with Crippen molar-refractivity contribution in [2.75, 3.05) is 26.9 Å². The van der Waals surface area contributed by atoms with E-state index in [1.54, 1.807) is 0 Å². The van der Waals surface area contributed by atoms with Crippen molar-refractivity contribution in [3.05, 3.63) is 0 Å². The van der Waals surface area contributed by atoms with E-state index in [9.17, 15) is 24.0 Å². The standard InChI is InChI=1S/C13H20N2O7/c1-9(16)4-5-12(19)21-8-22-13(20)14-6-11(18)15(3)7-10(2)17/h4-8H2,1-3H3,(H,14,20). The summed E-state index contributed by atoms with van der Waals surface area (Å²) >= 11 is 0. The van der Waals surface area contributed by atoms with Crippen LogP contribution in [0.4, 0.5) is 4.79 Å². The van der Waals surface area contributed by atoms with Crippen molar-refractivity contribution in [1.29, 1.82) is 0 Å². The quantitative estimate of drug-likeness (QED) is 0.455. The molecule has 0 fully saturated rings. The van der Waals surface area contributed by atoms with Crippen LogP contribution >= 0.6 is 0 Å². The number of hydrogen-bond donors (Lipinski definition) is 1. The first-order valence-corrected chi connectivity index (χ1v) is 6.51. The molecule has 22 heavy (non-hydrogen) atoms. The summed E-state index contributed by atoms with van der Waals surface area (Å²) in [6.07, 6.45) is -0.972. The number of nitrogens with one attached hydrogen (secondary N) is 1. The summed E-state index contributed by atoms with van der Waals surface area (Å²) in [5.41, 5.74) is 0. The maximum atomic E-state index is 11.5. The number of amides is 2. The van der Waals surface area contributed by atoms with Crippen LogP contribution in [0.25, 0.3) is 0 Å². The van der Waals surface area contributed by atoms with Gasteiger partial charge in [-0.05, 0) is 13.8 Å². The third-order valence-corrected chi connectivity index (χ3v) is 2.36. The summed E-state index contributed by atoms with van der Waals surface area (Å²) in [7, 11) is 1.42. The Morgan fingerprint density at radius 3 is 2.14 bits per heavy atom. The van der Waals surface area contributed by atoms with E-state index in [0.717, 1.165) is 4.90 Å². The van der Waals surface area contributed by atoms with E-state index in [4.69, 9.17) is 0 Å². The first-order valence-electron chi connectivity index (χ1n) is 6.51. The Balaban J connectivity index is 3.82. The Kier molecular flexibility index (Phi) is 9.15. The van der Waals surface area contributed by atoms with Crippen molar-refractivity contribution in [1.82, 2.24) is 10.2 Å². The molecule has 2 amide bonds. The van der Waals surface area contributed by atoms with E-state index >= 15 is 0 Å². The van der Waals surface area contributed by atoms with Crippen LogP contribution in [-0.4, -0.2) is 61.4 Å². The number of ketones is 2. The lowest BCUT2D eigenvalue weighted by atomic mass is 10.2. The average molecular weight is 316 g/mol. The highest BCUT2D eigenvalue weighted by Crippen LogP contribution is 1.94. The summed E-state index contributed by atoms with van der Waals surface area (Å²) in [5, 5.41) is 2.15. The van der Waals surface area contributed by atoms with Crippen molar-refractivity contribution in [2.45, 2.75) is 26.7 Å². The summed E-state index contributed by atoms with van der Waals surface area (Å²) in [4.78, 5) is 56.5. The maximum Gasteiger partial charge on any atom is 0.410 e. The van der Waals surface area contributed by atoms with E-state index in [2.05, 4.69) is 14.8 Å². The molecule has 0 unspecified atom stereocenters. The lowest BCUT2D eigenvalue weighted by molar-refractivity contribution is -0.152. The second kappa shape index (κ2) is 10.3. The molecule has 9 heteroatoms. The Labute approximate surface area is 127 Å². The number of likely N-dealkylation sites (N-methyl/N-ethyl adjacent to an activating group) is 1. The molecule has 0 aliphatic rings. The zero-order valence-electron chi connectivity index (χ0n) is 12.8. The van der Waals surface area contributed by atoms with E-state index in [1.165, 1.54) is 20.9 Å². The fourth-order valence-corrected chi connectivity index (χ4v) is 1.25. The molecule has 0 aromatic rings. The van der Waals surface area contributed by atoms with Crippen LogP contribution in [0, 0.1) is 0 Å². The summed E-state index contributed by atoms with van der Waals surface area (Å²) < 4.78 is 9.07. The number of ether oxygens (including phenoxy) is 2. The number of hydrogen-bond acceptors (Lipinski definition) is 7. The van der Waals surface area contributed by atoms with Gasteiger partial charge in [0, 0.05) is 13.5 Å². The van der Waals surface area contributed by atoms with Crippen molar-refractivity contribution in [3.8, 4) is 0 Å². The predicted octanol–water partition coefficient (Wildman–Crippen LogP) is -0.370. The lowest BCUT2D eigenvalue weighted by Crippen LogP contribution is -2.40. The van der Waals surface area contributed by atoms with Crippen LogP contribution in [0.15, 0.2) is 0 Å². The normalized spacial score (nSPS) is 9.59. The van der Waals surface area contributed by atoms with Crippen LogP contribution in [0.2, 0.25) is 0 Å². The Hall–Kier alpha value is -2.45. The molecule has 0 spiro atoms. The van der Waals surface area contributed by atoms with Gasteiger partial charge in [0.2, 0.25) is 12.7 Å². The highest BCUT2D eigenvalue weighted by molar-refractivity contribution is 5.87. The zero-order chi connectivity index (χ0) is 17.1. The number of esters is 1. The monoisotopic (exact) mass is 316 g/mol. The van der Waals surface area contributed by atoms with E-state index in [0.29, 0.717) is 0 Å². The first kappa shape index (κ1) is 19.6. The van der Waals surface area contributed by atoms with E-state index in [-0.39, 0.29) is 37.5 Å². The number of nitrogens with zero attached hydrogens (tertiary/aromatic N) is 1. The molecule has 0 aromatic heterocycles. The van der Waals surface area contributed by atoms with Crippen molar-refractivity contribution < 1.29 is 33.4 Å². The molecule has 1 N–H and O–H groups in total. The Morgan fingerprint density at radius 1 is 0.955 bits per heavy atom. The van der Waals surface area contributed by atoms with Gasteiger partial charge < -0.3 is 24.5 Å². The second-order valence-corrected chi connectivity index (χ2v) is 4.57. The fourth-order valence-electron chi connectivity index (χ4n) is 1.25. The largest absolute Gasteiger partial charge is 0.428 e. The van der Waals surface area contributed by atoms with Gasteiger partial charge in [0.05, 0.1) is 13.0 Å². The molecular formula is C13H20N2O7. The van der Waals surface area contributed by atoms with Crippen molar-refractivity contribution >= 4 is 29.5 Å². The first-order chi connectivity index (χ1) is 10.2. The fraction of sp³-hybridized carbons (Fsp3) is 0.615. The number of Topliss-reactive ketones (excluding diaryl/α,β-unsaturated/α-hetero) is 2. The van der Waals surface area contributed by atoms with Crippen LogP contribution in [-0.2, 0) is 28.7 Å². The zero-order valence-corrected chi connectivity index (χ0v) is 12.8. The molecule has 0 saturated heterocycles. The highest BCUT2D eigenvalue weighted by Gasteiger charge is 2.13. The van der Waals surface area contributed by atoms with E-state index < -0.39 is 24.8 Å².